The van der Waals surface area contributed by atoms with Crippen LogP contribution in [0.5, 0.6) is 0 Å². The van der Waals surface area contributed by atoms with E-state index in [0.29, 0.717) is 21.5 Å². The van der Waals surface area contributed by atoms with Crippen LogP contribution in [0, 0.1) is 5.82 Å². The molecular weight excluding hydrogens is 301 g/mol. The van der Waals surface area contributed by atoms with Gasteiger partial charge in [0, 0.05) is 13.2 Å². The van der Waals surface area contributed by atoms with Crippen LogP contribution in [0.15, 0.2) is 58.6 Å². The molecule has 3 rings (SSSR count). The van der Waals surface area contributed by atoms with Crippen molar-refractivity contribution in [2.24, 2.45) is 4.99 Å². The number of carbonyl (C=O) groups is 1. The number of carbonyl (C=O) groups excluding carboxylic acids is 1. The number of thioether (sulfide) groups is 1. The zero-order valence-corrected chi connectivity index (χ0v) is 12.5. The largest absolute Gasteiger partial charge is 0.289 e. The molecule has 0 atom stereocenters. The van der Waals surface area contributed by atoms with Gasteiger partial charge in [-0.25, -0.2) is 14.4 Å². The first-order valence-electron chi connectivity index (χ1n) is 6.56. The van der Waals surface area contributed by atoms with Crippen molar-refractivity contribution in [3.8, 4) is 0 Å². The molecular formula is C16H12FN3OS. The number of hydrogen-bond donors (Lipinski definition) is 0. The summed E-state index contributed by atoms with van der Waals surface area (Å²) in [4.78, 5) is 22.7. The Labute approximate surface area is 131 Å². The molecule has 4 nitrogen and oxygen atoms in total. The van der Waals surface area contributed by atoms with Gasteiger partial charge in [-0.3, -0.25) is 9.69 Å². The predicted octanol–water partition coefficient (Wildman–Crippen LogP) is 3.45. The summed E-state index contributed by atoms with van der Waals surface area (Å²) < 4.78 is 13.2. The zero-order valence-electron chi connectivity index (χ0n) is 11.7. The lowest BCUT2D eigenvalue weighted by Crippen LogP contribution is -2.23. The average molecular weight is 313 g/mol. The molecule has 0 N–H and O–H groups in total. The summed E-state index contributed by atoms with van der Waals surface area (Å²) in [6.07, 6.45) is 3.30. The number of hydrogen-bond acceptors (Lipinski definition) is 4. The summed E-state index contributed by atoms with van der Waals surface area (Å²) in [7, 11) is 1.66. The molecule has 1 aromatic heterocycles. The Hall–Kier alpha value is -2.47. The highest BCUT2D eigenvalue weighted by Gasteiger charge is 2.30. The van der Waals surface area contributed by atoms with Gasteiger partial charge in [0.15, 0.2) is 11.0 Å². The molecule has 1 aliphatic rings. The van der Waals surface area contributed by atoms with Crippen molar-refractivity contribution >= 4 is 34.7 Å². The molecule has 0 bridgehead atoms. The SMILES string of the molecule is CN1C(=O)/C(=C/c2cccc(F)c2)S/C1=N/c1ccccn1. The third kappa shape index (κ3) is 3.07. The van der Waals surface area contributed by atoms with Crippen LogP contribution in [-0.4, -0.2) is 28.0 Å². The second-order valence-corrected chi connectivity index (χ2v) is 5.62. The van der Waals surface area contributed by atoms with Crippen molar-refractivity contribution in [1.82, 2.24) is 9.88 Å². The fourth-order valence-electron chi connectivity index (χ4n) is 1.92. The van der Waals surface area contributed by atoms with Gasteiger partial charge in [-0.15, -0.1) is 0 Å². The van der Waals surface area contributed by atoms with Gasteiger partial charge < -0.3 is 0 Å². The van der Waals surface area contributed by atoms with Gasteiger partial charge in [-0.2, -0.15) is 0 Å². The van der Waals surface area contributed by atoms with E-state index in [-0.39, 0.29) is 11.7 Å². The number of amidine groups is 1. The number of likely N-dealkylation sites (N-methyl/N-ethyl adjacent to an activating group) is 1. The summed E-state index contributed by atoms with van der Waals surface area (Å²) in [5.41, 5.74) is 0.642. The molecule has 0 radical (unpaired) electrons. The van der Waals surface area contributed by atoms with Crippen LogP contribution in [-0.2, 0) is 4.79 Å². The molecule has 22 heavy (non-hydrogen) atoms. The first-order chi connectivity index (χ1) is 10.6. The van der Waals surface area contributed by atoms with Gasteiger partial charge in [0.2, 0.25) is 0 Å². The normalized spacial score (nSPS) is 18.5. The van der Waals surface area contributed by atoms with Gasteiger partial charge in [0.25, 0.3) is 5.91 Å². The Bertz CT molecular complexity index is 774. The van der Waals surface area contributed by atoms with Gasteiger partial charge in [-0.1, -0.05) is 18.2 Å². The third-order valence-electron chi connectivity index (χ3n) is 3.01. The van der Waals surface area contributed by atoms with E-state index in [1.807, 2.05) is 6.07 Å². The van der Waals surface area contributed by atoms with Crippen molar-refractivity contribution < 1.29 is 9.18 Å². The van der Waals surface area contributed by atoms with Crippen molar-refractivity contribution in [2.75, 3.05) is 7.05 Å². The third-order valence-corrected chi connectivity index (χ3v) is 4.07. The number of rotatable bonds is 2. The second kappa shape index (κ2) is 6.11. The van der Waals surface area contributed by atoms with E-state index in [9.17, 15) is 9.18 Å². The molecule has 1 aromatic carbocycles. The first kappa shape index (κ1) is 14.5. The van der Waals surface area contributed by atoms with Crippen LogP contribution in [0.1, 0.15) is 5.56 Å². The lowest BCUT2D eigenvalue weighted by molar-refractivity contribution is -0.121. The van der Waals surface area contributed by atoms with Crippen molar-refractivity contribution in [3.63, 3.8) is 0 Å². The number of amides is 1. The maximum atomic E-state index is 13.2. The zero-order chi connectivity index (χ0) is 15.5. The van der Waals surface area contributed by atoms with Crippen LogP contribution in [0.3, 0.4) is 0 Å². The highest BCUT2D eigenvalue weighted by atomic mass is 32.2. The van der Waals surface area contributed by atoms with Crippen LogP contribution >= 0.6 is 11.8 Å². The number of halogens is 1. The number of aromatic nitrogens is 1. The topological polar surface area (TPSA) is 45.6 Å². The Morgan fingerprint density at radius 1 is 1.27 bits per heavy atom. The minimum atomic E-state index is -0.333. The highest BCUT2D eigenvalue weighted by Crippen LogP contribution is 2.32. The highest BCUT2D eigenvalue weighted by molar-refractivity contribution is 8.18. The maximum Gasteiger partial charge on any atom is 0.266 e. The lowest BCUT2D eigenvalue weighted by Gasteiger charge is -2.06. The fraction of sp³-hybridized carbons (Fsp3) is 0.0625. The van der Waals surface area contributed by atoms with Crippen LogP contribution in [0.4, 0.5) is 10.2 Å². The quantitative estimate of drug-likeness (QED) is 0.798. The maximum absolute atomic E-state index is 13.2. The van der Waals surface area contributed by atoms with E-state index in [2.05, 4.69) is 9.98 Å². The molecule has 1 fully saturated rings. The van der Waals surface area contributed by atoms with Gasteiger partial charge in [0.05, 0.1) is 4.91 Å². The summed E-state index contributed by atoms with van der Waals surface area (Å²) in [6, 6.07) is 11.5. The average Bonchev–Trinajstić information content (AvgIpc) is 2.77. The molecule has 1 amide bonds. The summed E-state index contributed by atoms with van der Waals surface area (Å²) in [5.74, 6) is 0.0427. The molecule has 0 aliphatic carbocycles. The molecule has 110 valence electrons. The summed E-state index contributed by atoms with van der Waals surface area (Å²) >= 11 is 1.25. The van der Waals surface area contributed by atoms with Crippen LogP contribution in [0.25, 0.3) is 6.08 Å². The van der Waals surface area contributed by atoms with E-state index in [1.54, 1.807) is 43.6 Å². The molecule has 0 unspecified atom stereocenters. The fourth-order valence-corrected chi connectivity index (χ4v) is 2.89. The van der Waals surface area contributed by atoms with Gasteiger partial charge in [-0.05, 0) is 47.7 Å². The second-order valence-electron chi connectivity index (χ2n) is 4.61. The molecule has 1 saturated heterocycles. The lowest BCUT2D eigenvalue weighted by atomic mass is 10.2. The standard InChI is InChI=1S/C16H12FN3OS/c1-20-15(21)13(10-11-5-4-6-12(17)9-11)22-16(20)19-14-7-2-3-8-18-14/h2-10H,1H3/b13-10-,19-16+. The van der Waals surface area contributed by atoms with Gasteiger partial charge >= 0.3 is 0 Å². The molecule has 1 aliphatic heterocycles. The Morgan fingerprint density at radius 2 is 2.14 bits per heavy atom. The van der Waals surface area contributed by atoms with E-state index in [1.165, 1.54) is 28.8 Å². The Kier molecular flexibility index (Phi) is 4.02. The van der Waals surface area contributed by atoms with Crippen molar-refractivity contribution in [2.45, 2.75) is 0 Å². The van der Waals surface area contributed by atoms with E-state index in [4.69, 9.17) is 0 Å². The van der Waals surface area contributed by atoms with E-state index in [0.717, 1.165) is 0 Å². The predicted molar refractivity (Wildman–Crippen MR) is 86.1 cm³/mol. The Morgan fingerprint density at radius 3 is 2.86 bits per heavy atom. The molecule has 0 saturated carbocycles. The van der Waals surface area contributed by atoms with E-state index < -0.39 is 0 Å². The first-order valence-corrected chi connectivity index (χ1v) is 7.38. The smallest absolute Gasteiger partial charge is 0.266 e. The monoisotopic (exact) mass is 313 g/mol. The Balaban J connectivity index is 1.90. The van der Waals surface area contributed by atoms with Crippen LogP contribution in [0.2, 0.25) is 0 Å². The molecule has 0 spiro atoms. The molecule has 6 heteroatoms. The number of nitrogens with zero attached hydrogens (tertiary/aromatic N) is 3. The molecule has 2 aromatic rings. The summed E-state index contributed by atoms with van der Waals surface area (Å²) in [5, 5.41) is 0.548. The van der Waals surface area contributed by atoms with E-state index >= 15 is 0 Å². The minimum absolute atomic E-state index is 0.163. The van der Waals surface area contributed by atoms with Crippen molar-refractivity contribution in [3.05, 3.63) is 64.9 Å². The number of aliphatic imine (C=N–C) groups is 1. The summed E-state index contributed by atoms with van der Waals surface area (Å²) in [6.45, 7) is 0. The number of pyridine rings is 1. The minimum Gasteiger partial charge on any atom is -0.289 e. The van der Waals surface area contributed by atoms with Crippen LogP contribution < -0.4 is 0 Å². The van der Waals surface area contributed by atoms with Crippen molar-refractivity contribution in [1.29, 1.82) is 0 Å². The van der Waals surface area contributed by atoms with Gasteiger partial charge in [0.1, 0.15) is 5.82 Å². The molecule has 2 heterocycles. The number of benzene rings is 1.